The van der Waals surface area contributed by atoms with Gasteiger partial charge in [0, 0.05) is 5.75 Å². The van der Waals surface area contributed by atoms with Gasteiger partial charge < -0.3 is 5.11 Å². The topological polar surface area (TPSA) is 20.2 Å². The molecule has 3 atom stereocenters. The van der Waals surface area contributed by atoms with E-state index in [4.69, 9.17) is 5.11 Å². The molecule has 0 aromatic rings. The van der Waals surface area contributed by atoms with Crippen LogP contribution >= 0.6 is 11.8 Å². The van der Waals surface area contributed by atoms with Gasteiger partial charge in [-0.2, -0.15) is 0 Å². The van der Waals surface area contributed by atoms with E-state index in [9.17, 15) is 0 Å². The van der Waals surface area contributed by atoms with Crippen LogP contribution in [0.4, 0.5) is 0 Å². The van der Waals surface area contributed by atoms with Crippen LogP contribution in [0.15, 0.2) is 11.0 Å². The average molecular weight is 238 g/mol. The van der Waals surface area contributed by atoms with Crippen molar-refractivity contribution in [3.63, 3.8) is 0 Å². The summed E-state index contributed by atoms with van der Waals surface area (Å²) in [5.41, 5.74) is 2.33. The van der Waals surface area contributed by atoms with Crippen molar-refractivity contribution in [2.75, 3.05) is 12.4 Å². The molecule has 4 rings (SSSR count). The molecule has 0 radical (unpaired) electrons. The third kappa shape index (κ3) is 1.13. The Labute approximate surface area is 103 Å². The maximum atomic E-state index is 8.98. The third-order valence-electron chi connectivity index (χ3n) is 6.04. The summed E-state index contributed by atoms with van der Waals surface area (Å²) in [7, 11) is 0. The summed E-state index contributed by atoms with van der Waals surface area (Å²) in [6.07, 6.45) is 3.00. The van der Waals surface area contributed by atoms with Crippen LogP contribution in [0, 0.1) is 28.6 Å². The summed E-state index contributed by atoms with van der Waals surface area (Å²) in [4.78, 5) is 0. The molecule has 0 heterocycles. The summed E-state index contributed by atoms with van der Waals surface area (Å²) < 4.78 is 0. The van der Waals surface area contributed by atoms with E-state index in [1.165, 1.54) is 18.6 Å². The molecule has 90 valence electrons. The van der Waals surface area contributed by atoms with Crippen molar-refractivity contribution in [2.24, 2.45) is 28.6 Å². The number of aliphatic hydroxyl groups is 1. The molecule has 2 unspecified atom stereocenters. The van der Waals surface area contributed by atoms with Crippen LogP contribution in [0.2, 0.25) is 0 Å². The van der Waals surface area contributed by atoms with Crippen molar-refractivity contribution >= 4 is 11.8 Å². The molecule has 4 fully saturated rings. The van der Waals surface area contributed by atoms with Gasteiger partial charge in [-0.15, -0.1) is 11.8 Å². The Morgan fingerprint density at radius 2 is 2.00 bits per heavy atom. The quantitative estimate of drug-likeness (QED) is 0.811. The fourth-order valence-corrected chi connectivity index (χ4v) is 6.04. The summed E-state index contributed by atoms with van der Waals surface area (Å²) in [6.45, 7) is 7.25. The molecule has 0 aromatic carbocycles. The lowest BCUT2D eigenvalue weighted by atomic mass is 9.76. The highest BCUT2D eigenvalue weighted by atomic mass is 32.2. The third-order valence-corrected chi connectivity index (χ3v) is 7.38. The standard InChI is InChI=1S/C14H22OS/c1-9(6-15)7-16-8-13(2)10-4-11-12(5-10)14(11,13)3/h7,10-12,15H,4-6,8H2,1-3H3/b9-7+/t10?,11?,12?,13-,14?/m1/s1. The normalized spacial score (nSPS) is 53.5. The second kappa shape index (κ2) is 3.29. The second-order valence-electron chi connectivity index (χ2n) is 6.51. The molecular formula is C14H22OS. The molecule has 4 saturated carbocycles. The first-order chi connectivity index (χ1) is 7.54. The first-order valence-electron chi connectivity index (χ1n) is 6.42. The van der Waals surface area contributed by atoms with E-state index in [1.807, 2.05) is 18.7 Å². The van der Waals surface area contributed by atoms with Crippen LogP contribution in [0.5, 0.6) is 0 Å². The summed E-state index contributed by atoms with van der Waals surface area (Å²) in [6, 6.07) is 0. The number of aliphatic hydroxyl groups excluding tert-OH is 1. The molecule has 4 bridgehead atoms. The Kier molecular flexibility index (Phi) is 2.29. The highest BCUT2D eigenvalue weighted by Crippen LogP contribution is 2.86. The van der Waals surface area contributed by atoms with E-state index in [-0.39, 0.29) is 6.61 Å². The molecule has 2 heteroatoms. The Bertz CT molecular complexity index is 337. The Morgan fingerprint density at radius 1 is 1.38 bits per heavy atom. The van der Waals surface area contributed by atoms with Crippen molar-refractivity contribution in [3.8, 4) is 0 Å². The van der Waals surface area contributed by atoms with Gasteiger partial charge in [0.1, 0.15) is 0 Å². The van der Waals surface area contributed by atoms with Crippen LogP contribution in [-0.2, 0) is 0 Å². The largest absolute Gasteiger partial charge is 0.392 e. The van der Waals surface area contributed by atoms with Crippen LogP contribution in [0.1, 0.15) is 33.6 Å². The van der Waals surface area contributed by atoms with E-state index in [1.54, 1.807) is 0 Å². The zero-order chi connectivity index (χ0) is 11.6. The monoisotopic (exact) mass is 238 g/mol. The zero-order valence-corrected chi connectivity index (χ0v) is 11.3. The number of rotatable bonds is 4. The van der Waals surface area contributed by atoms with Gasteiger partial charge in [-0.05, 0) is 59.3 Å². The van der Waals surface area contributed by atoms with Crippen LogP contribution in [-0.4, -0.2) is 17.5 Å². The Hall–Kier alpha value is 0.0500. The lowest BCUT2D eigenvalue weighted by molar-refractivity contribution is 0.207. The van der Waals surface area contributed by atoms with Crippen molar-refractivity contribution in [1.82, 2.24) is 0 Å². The average Bonchev–Trinajstić information content (AvgIpc) is 2.62. The van der Waals surface area contributed by atoms with Crippen LogP contribution in [0.25, 0.3) is 0 Å². The van der Waals surface area contributed by atoms with Gasteiger partial charge in [0.15, 0.2) is 0 Å². The minimum atomic E-state index is 0.204. The Balaban J connectivity index is 1.68. The molecule has 0 aromatic heterocycles. The first kappa shape index (κ1) is 11.2. The van der Waals surface area contributed by atoms with Crippen molar-refractivity contribution in [2.45, 2.75) is 33.6 Å². The lowest BCUT2D eigenvalue weighted by Gasteiger charge is -2.33. The predicted octanol–water partition coefficient (Wildman–Crippen LogP) is 3.30. The highest BCUT2D eigenvalue weighted by molar-refractivity contribution is 8.02. The zero-order valence-electron chi connectivity index (χ0n) is 10.5. The molecule has 0 saturated heterocycles. The minimum Gasteiger partial charge on any atom is -0.392 e. The minimum absolute atomic E-state index is 0.204. The van der Waals surface area contributed by atoms with Gasteiger partial charge >= 0.3 is 0 Å². The maximum absolute atomic E-state index is 8.98. The molecule has 4 aliphatic carbocycles. The lowest BCUT2D eigenvalue weighted by Crippen LogP contribution is -2.29. The van der Waals surface area contributed by atoms with Gasteiger partial charge in [-0.1, -0.05) is 13.8 Å². The summed E-state index contributed by atoms with van der Waals surface area (Å²) >= 11 is 1.92. The summed E-state index contributed by atoms with van der Waals surface area (Å²) in [5, 5.41) is 11.1. The van der Waals surface area contributed by atoms with Crippen LogP contribution < -0.4 is 0 Å². The van der Waals surface area contributed by atoms with Gasteiger partial charge in [0.2, 0.25) is 0 Å². The van der Waals surface area contributed by atoms with Crippen molar-refractivity contribution in [1.29, 1.82) is 0 Å². The molecule has 0 amide bonds. The molecule has 1 nitrogen and oxygen atoms in total. The Morgan fingerprint density at radius 3 is 2.44 bits per heavy atom. The van der Waals surface area contributed by atoms with Gasteiger partial charge in [0.05, 0.1) is 6.61 Å². The van der Waals surface area contributed by atoms with Crippen LogP contribution in [0.3, 0.4) is 0 Å². The number of hydrogen-bond acceptors (Lipinski definition) is 2. The molecule has 0 spiro atoms. The van der Waals surface area contributed by atoms with Crippen molar-refractivity contribution in [3.05, 3.63) is 11.0 Å². The highest BCUT2D eigenvalue weighted by Gasteiger charge is 2.80. The number of hydrogen-bond donors (Lipinski definition) is 1. The van der Waals surface area contributed by atoms with Gasteiger partial charge in [0.25, 0.3) is 0 Å². The van der Waals surface area contributed by atoms with E-state index in [0.717, 1.165) is 23.3 Å². The number of thioether (sulfide) groups is 1. The molecular weight excluding hydrogens is 216 g/mol. The molecule has 16 heavy (non-hydrogen) atoms. The van der Waals surface area contributed by atoms with Crippen molar-refractivity contribution < 1.29 is 5.11 Å². The van der Waals surface area contributed by atoms with E-state index in [0.29, 0.717) is 10.8 Å². The maximum Gasteiger partial charge on any atom is 0.0647 e. The molecule has 1 N–H and O–H groups in total. The second-order valence-corrected chi connectivity index (χ2v) is 7.37. The SMILES string of the molecule is C/C(=C\SC[C@]1(C)C2CC3C(C2)C31C)CO. The summed E-state index contributed by atoms with van der Waals surface area (Å²) in [5.74, 6) is 4.36. The van der Waals surface area contributed by atoms with E-state index >= 15 is 0 Å². The predicted molar refractivity (Wildman–Crippen MR) is 69.2 cm³/mol. The molecule has 0 aliphatic heterocycles. The molecule has 4 aliphatic rings. The van der Waals surface area contributed by atoms with E-state index in [2.05, 4.69) is 19.3 Å². The fraction of sp³-hybridized carbons (Fsp3) is 0.857. The van der Waals surface area contributed by atoms with E-state index < -0.39 is 0 Å². The first-order valence-corrected chi connectivity index (χ1v) is 7.47. The van der Waals surface area contributed by atoms with Gasteiger partial charge in [-0.3, -0.25) is 0 Å². The fourth-order valence-electron chi connectivity index (χ4n) is 4.70. The smallest absolute Gasteiger partial charge is 0.0647 e. The van der Waals surface area contributed by atoms with Gasteiger partial charge in [-0.25, -0.2) is 0 Å².